The zero-order chi connectivity index (χ0) is 35.3. The number of amides is 2. The van der Waals surface area contributed by atoms with E-state index in [1.165, 1.54) is 12.1 Å². The maximum atomic E-state index is 13.6. The van der Waals surface area contributed by atoms with Crippen molar-refractivity contribution in [3.05, 3.63) is 149 Å². The van der Waals surface area contributed by atoms with Crippen LogP contribution in [0.3, 0.4) is 0 Å². The van der Waals surface area contributed by atoms with Gasteiger partial charge in [-0.1, -0.05) is 66.7 Å². The van der Waals surface area contributed by atoms with Gasteiger partial charge in [-0.05, 0) is 95.6 Å². The molecule has 5 aromatic rings. The lowest BCUT2D eigenvalue weighted by Gasteiger charge is -2.23. The molecule has 1 heterocycles. The van der Waals surface area contributed by atoms with Gasteiger partial charge in [0.15, 0.2) is 5.96 Å². The number of aromatic nitrogens is 1. The molecule has 9 nitrogen and oxygen atoms in total. The molecule has 0 saturated heterocycles. The minimum Gasteiger partial charge on any atom is -0.370 e. The molecule has 50 heavy (non-hydrogen) atoms. The topological polar surface area (TPSA) is 139 Å². The largest absolute Gasteiger partial charge is 0.370 e. The molecule has 0 saturated carbocycles. The van der Waals surface area contributed by atoms with Gasteiger partial charge in [0.2, 0.25) is 5.91 Å². The first-order chi connectivity index (χ1) is 24.2. The molecule has 2 amide bonds. The number of carbonyl (C=O) groups is 2. The van der Waals surface area contributed by atoms with Gasteiger partial charge in [-0.3, -0.25) is 24.5 Å². The molecular formula is C40H44FN7O2. The Morgan fingerprint density at radius 3 is 2.20 bits per heavy atom. The van der Waals surface area contributed by atoms with Crippen LogP contribution < -0.4 is 22.1 Å². The van der Waals surface area contributed by atoms with E-state index in [-0.39, 0.29) is 29.6 Å². The Morgan fingerprint density at radius 1 is 0.820 bits per heavy atom. The highest BCUT2D eigenvalue weighted by Gasteiger charge is 2.23. The van der Waals surface area contributed by atoms with Gasteiger partial charge in [-0.2, -0.15) is 0 Å². The summed E-state index contributed by atoms with van der Waals surface area (Å²) < 4.78 is 13.4. The summed E-state index contributed by atoms with van der Waals surface area (Å²) in [7, 11) is 0. The second-order valence-corrected chi connectivity index (χ2v) is 12.4. The van der Waals surface area contributed by atoms with Crippen molar-refractivity contribution in [2.75, 3.05) is 13.1 Å². The van der Waals surface area contributed by atoms with Crippen LogP contribution in [0.1, 0.15) is 58.4 Å². The third-order valence-corrected chi connectivity index (χ3v) is 8.62. The van der Waals surface area contributed by atoms with Crippen molar-refractivity contribution in [2.24, 2.45) is 16.5 Å². The van der Waals surface area contributed by atoms with E-state index in [9.17, 15) is 14.0 Å². The first-order valence-electron chi connectivity index (χ1n) is 16.8. The summed E-state index contributed by atoms with van der Waals surface area (Å²) in [5, 5.41) is 8.20. The van der Waals surface area contributed by atoms with Gasteiger partial charge < -0.3 is 22.1 Å². The maximum absolute atomic E-state index is 13.6. The van der Waals surface area contributed by atoms with E-state index in [1.807, 2.05) is 85.8 Å². The third kappa shape index (κ3) is 10.4. The highest BCUT2D eigenvalue weighted by atomic mass is 19.1. The van der Waals surface area contributed by atoms with Gasteiger partial charge in [-0.15, -0.1) is 0 Å². The van der Waals surface area contributed by atoms with Crippen molar-refractivity contribution in [1.82, 2.24) is 20.5 Å². The molecule has 0 aliphatic carbocycles. The van der Waals surface area contributed by atoms with Gasteiger partial charge >= 0.3 is 0 Å². The van der Waals surface area contributed by atoms with Crippen LogP contribution >= 0.6 is 0 Å². The van der Waals surface area contributed by atoms with Crippen LogP contribution in [-0.2, 0) is 24.3 Å². The summed E-state index contributed by atoms with van der Waals surface area (Å²) in [5.74, 6) is -0.899. The molecule has 0 radical (unpaired) electrons. The number of hydrogen-bond donors (Lipinski definition) is 4. The van der Waals surface area contributed by atoms with Crippen LogP contribution in [0.25, 0.3) is 10.8 Å². The van der Waals surface area contributed by atoms with Crippen LogP contribution in [0.15, 0.2) is 121 Å². The minimum absolute atomic E-state index is 0.0190. The molecule has 4 aromatic carbocycles. The summed E-state index contributed by atoms with van der Waals surface area (Å²) in [6.45, 7) is 4.39. The summed E-state index contributed by atoms with van der Waals surface area (Å²) in [4.78, 5) is 37.6. The van der Waals surface area contributed by atoms with Crippen LogP contribution in [0.5, 0.6) is 0 Å². The number of carbonyl (C=O) groups excluding carboxylic acids is 2. The molecule has 0 fully saturated rings. The normalized spacial score (nSPS) is 12.3. The molecular weight excluding hydrogens is 629 g/mol. The number of pyridine rings is 1. The average Bonchev–Trinajstić information content (AvgIpc) is 3.12. The molecule has 10 heteroatoms. The first kappa shape index (κ1) is 35.7. The number of nitrogens with two attached hydrogens (primary N) is 2. The lowest BCUT2D eigenvalue weighted by Crippen LogP contribution is -2.47. The summed E-state index contributed by atoms with van der Waals surface area (Å²) in [5.41, 5.74) is 15.6. The van der Waals surface area contributed by atoms with Gasteiger partial charge in [0.25, 0.3) is 5.91 Å². The fourth-order valence-corrected chi connectivity index (χ4v) is 5.95. The van der Waals surface area contributed by atoms with E-state index in [1.54, 1.807) is 24.5 Å². The van der Waals surface area contributed by atoms with Crippen molar-refractivity contribution in [2.45, 2.75) is 51.4 Å². The molecule has 0 spiro atoms. The number of guanidine groups is 1. The first-order valence-corrected chi connectivity index (χ1v) is 16.8. The number of aliphatic imine (C=N–C) groups is 1. The zero-order valence-electron chi connectivity index (χ0n) is 28.3. The highest BCUT2D eigenvalue weighted by molar-refractivity contribution is 5.97. The highest BCUT2D eigenvalue weighted by Crippen LogP contribution is 2.24. The van der Waals surface area contributed by atoms with Crippen molar-refractivity contribution >= 4 is 28.5 Å². The van der Waals surface area contributed by atoms with E-state index >= 15 is 0 Å². The number of benzene rings is 4. The van der Waals surface area contributed by atoms with E-state index < -0.39 is 6.04 Å². The van der Waals surface area contributed by atoms with E-state index in [2.05, 4.69) is 25.5 Å². The molecule has 258 valence electrons. The average molecular weight is 674 g/mol. The van der Waals surface area contributed by atoms with Crippen molar-refractivity contribution in [3.8, 4) is 0 Å². The van der Waals surface area contributed by atoms with Crippen LogP contribution in [0.2, 0.25) is 0 Å². The monoisotopic (exact) mass is 673 g/mol. The lowest BCUT2D eigenvalue weighted by atomic mass is 9.99. The maximum Gasteiger partial charge on any atom is 0.251 e. The predicted octanol–water partition coefficient (Wildman–Crippen LogP) is 5.65. The number of nitrogens with zero attached hydrogens (tertiary/aromatic N) is 3. The molecule has 0 aliphatic heterocycles. The SMILES string of the molecule is C[C@H](NC(=O)[C@H](CCCN=C(N)N)NC(=O)c1ccc(CN(CCc2ccc(F)cc2)Cc2ccncc2)cc1)c1cccc2ccccc12. The van der Waals surface area contributed by atoms with E-state index in [0.717, 1.165) is 46.0 Å². The molecule has 2 atom stereocenters. The summed E-state index contributed by atoms with van der Waals surface area (Å²) >= 11 is 0. The fourth-order valence-electron chi connectivity index (χ4n) is 5.95. The Morgan fingerprint density at radius 2 is 1.48 bits per heavy atom. The Balaban J connectivity index is 1.25. The second-order valence-electron chi connectivity index (χ2n) is 12.4. The molecule has 0 unspecified atom stereocenters. The molecule has 1 aromatic heterocycles. The van der Waals surface area contributed by atoms with Crippen LogP contribution in [-0.4, -0.2) is 46.8 Å². The quantitative estimate of drug-likeness (QED) is 0.0607. The van der Waals surface area contributed by atoms with Crippen LogP contribution in [0, 0.1) is 5.82 Å². The third-order valence-electron chi connectivity index (χ3n) is 8.62. The number of nitrogens with one attached hydrogen (secondary N) is 2. The Bertz CT molecular complexity index is 1870. The zero-order valence-corrected chi connectivity index (χ0v) is 28.3. The van der Waals surface area contributed by atoms with Crippen LogP contribution in [0.4, 0.5) is 4.39 Å². The standard InChI is InChI=1S/C40H44FN7O2/c1-28(35-9-4-7-32-6-2-3-8-36(32)35)46-39(50)37(10-5-22-45-40(42)43)47-38(49)33-15-11-30(12-16-33)26-48(27-31-19-23-44-24-20-31)25-21-29-13-17-34(41)18-14-29/h2-4,6-9,11-20,23-24,28,37H,5,10,21-22,25-27H2,1H3,(H,46,50)(H,47,49)(H4,42,43,45)/t28-,37-/m0/s1. The van der Waals surface area contributed by atoms with Crippen molar-refractivity contribution < 1.29 is 14.0 Å². The smallest absolute Gasteiger partial charge is 0.251 e. The Labute approximate surface area is 292 Å². The Kier molecular flexibility index (Phi) is 12.6. The number of rotatable bonds is 16. The van der Waals surface area contributed by atoms with E-state index in [0.29, 0.717) is 38.0 Å². The van der Waals surface area contributed by atoms with Gasteiger partial charge in [-0.25, -0.2) is 4.39 Å². The Hall–Kier alpha value is -5.61. The number of hydrogen-bond acceptors (Lipinski definition) is 5. The minimum atomic E-state index is -0.795. The van der Waals surface area contributed by atoms with Crippen molar-refractivity contribution in [1.29, 1.82) is 0 Å². The molecule has 0 bridgehead atoms. The molecule has 5 rings (SSSR count). The number of halogens is 1. The second kappa shape index (κ2) is 17.7. The molecule has 6 N–H and O–H groups in total. The number of fused-ring (bicyclic) bond motifs is 1. The molecule has 0 aliphatic rings. The summed E-state index contributed by atoms with van der Waals surface area (Å²) in [6, 6.07) is 31.0. The summed E-state index contributed by atoms with van der Waals surface area (Å²) in [6.07, 6.45) is 5.17. The van der Waals surface area contributed by atoms with Gasteiger partial charge in [0, 0.05) is 44.1 Å². The predicted molar refractivity (Wildman–Crippen MR) is 197 cm³/mol. The van der Waals surface area contributed by atoms with Gasteiger partial charge in [0.05, 0.1) is 6.04 Å². The van der Waals surface area contributed by atoms with Gasteiger partial charge in [0.1, 0.15) is 11.9 Å². The fraction of sp³-hybridized carbons (Fsp3) is 0.250. The lowest BCUT2D eigenvalue weighted by molar-refractivity contribution is -0.123. The van der Waals surface area contributed by atoms with Crippen molar-refractivity contribution in [3.63, 3.8) is 0 Å². The van der Waals surface area contributed by atoms with E-state index in [4.69, 9.17) is 11.5 Å².